The Labute approximate surface area is 349 Å². The molecule has 2 nitrogen and oxygen atoms in total. The summed E-state index contributed by atoms with van der Waals surface area (Å²) in [6.07, 6.45) is 0. The zero-order valence-corrected chi connectivity index (χ0v) is 35.8. The van der Waals surface area contributed by atoms with Gasteiger partial charge in [0.25, 0.3) is 6.71 Å². The lowest BCUT2D eigenvalue weighted by atomic mass is 9.34. The molecule has 2 aliphatic heterocycles. The van der Waals surface area contributed by atoms with Gasteiger partial charge in [-0.05, 0) is 129 Å². The molecule has 0 saturated heterocycles. The normalized spacial score (nSPS) is 13.4. The second-order valence-corrected chi connectivity index (χ2v) is 19.8. The van der Waals surface area contributed by atoms with Gasteiger partial charge < -0.3 is 9.47 Å². The molecule has 0 spiro atoms. The van der Waals surface area contributed by atoms with Crippen LogP contribution in [0.25, 0.3) is 54.9 Å². The van der Waals surface area contributed by atoms with E-state index in [2.05, 4.69) is 208 Å². The molecule has 0 atom stereocenters. The van der Waals surface area contributed by atoms with E-state index < -0.39 is 0 Å². The van der Waals surface area contributed by atoms with Crippen LogP contribution in [0.5, 0.6) is 23.0 Å². The van der Waals surface area contributed by atoms with E-state index in [1.807, 2.05) is 0 Å². The van der Waals surface area contributed by atoms with E-state index in [0.717, 1.165) is 39.6 Å². The highest BCUT2D eigenvalue weighted by molar-refractivity contribution is 6.98. The summed E-state index contributed by atoms with van der Waals surface area (Å²) in [6.45, 7) is 20.6. The number of rotatable bonds is 3. The smallest absolute Gasteiger partial charge is 0.260 e. The van der Waals surface area contributed by atoms with Gasteiger partial charge >= 0.3 is 0 Å². The van der Waals surface area contributed by atoms with Crippen LogP contribution in [0.15, 0.2) is 146 Å². The molecule has 0 radical (unpaired) electrons. The molecular weight excluding hydrogens is 715 g/mol. The van der Waals surface area contributed by atoms with Gasteiger partial charge in [0.15, 0.2) is 0 Å². The van der Waals surface area contributed by atoms with Crippen molar-refractivity contribution in [1.82, 2.24) is 0 Å². The van der Waals surface area contributed by atoms with Crippen molar-refractivity contribution in [2.45, 2.75) is 78.6 Å². The monoisotopic (exact) mass is 766 g/mol. The van der Waals surface area contributed by atoms with Gasteiger partial charge in [0.05, 0.1) is 0 Å². The summed E-state index contributed by atoms with van der Waals surface area (Å²) in [4.78, 5) is 0. The van der Waals surface area contributed by atoms with E-state index in [1.165, 1.54) is 71.4 Å². The van der Waals surface area contributed by atoms with Crippen molar-refractivity contribution in [2.75, 3.05) is 0 Å². The first kappa shape index (κ1) is 37.2. The van der Waals surface area contributed by atoms with Crippen LogP contribution >= 0.6 is 0 Å². The van der Waals surface area contributed by atoms with Gasteiger partial charge in [-0.25, -0.2) is 0 Å². The van der Waals surface area contributed by atoms with Crippen LogP contribution in [0.2, 0.25) is 0 Å². The Bertz CT molecular complexity index is 2840. The fourth-order valence-corrected chi connectivity index (χ4v) is 9.33. The molecule has 0 saturated carbocycles. The third-order valence-electron chi connectivity index (χ3n) is 12.6. The first-order valence-corrected chi connectivity index (χ1v) is 21.1. The van der Waals surface area contributed by atoms with Crippen molar-refractivity contribution in [2.24, 2.45) is 0 Å². The summed E-state index contributed by atoms with van der Waals surface area (Å²) < 4.78 is 13.9. The number of benzene rings is 8. The summed E-state index contributed by atoms with van der Waals surface area (Å²) in [6, 6.07) is 53.9. The Hall–Kier alpha value is -6.06. The third-order valence-corrected chi connectivity index (χ3v) is 12.6. The lowest BCUT2D eigenvalue weighted by Crippen LogP contribution is -2.57. The largest absolute Gasteiger partial charge is 0.458 e. The summed E-state index contributed by atoms with van der Waals surface area (Å²) in [7, 11) is 0. The predicted octanol–water partition coefficient (Wildman–Crippen LogP) is 13.6. The lowest BCUT2D eigenvalue weighted by Gasteiger charge is -2.35. The van der Waals surface area contributed by atoms with E-state index in [1.54, 1.807) is 0 Å². The molecule has 3 heteroatoms. The van der Waals surface area contributed by atoms with Crippen LogP contribution in [0.1, 0.15) is 79.0 Å². The predicted molar refractivity (Wildman–Crippen MR) is 252 cm³/mol. The standard InChI is InChI=1S/C56H51BO2/c1-54(2,3)38-23-25-47-45(32-38)57-46-33-39(55(4,5)6)24-26-48(46)59-50-31-36(30-49(58-47)53(50)57)35-27-37(29-40(28-35)56(7,8)9)52-43-21-15-13-19-41(43)51(34-17-11-10-12-18-34)42-20-14-16-22-44(42)52/h10-33H,1-9H3. The van der Waals surface area contributed by atoms with Gasteiger partial charge in [-0.3, -0.25) is 0 Å². The molecule has 0 N–H and O–H groups in total. The molecule has 0 aliphatic carbocycles. The highest BCUT2D eigenvalue weighted by Crippen LogP contribution is 2.46. The second kappa shape index (κ2) is 13.2. The molecule has 290 valence electrons. The zero-order valence-electron chi connectivity index (χ0n) is 35.8. The van der Waals surface area contributed by atoms with Crippen LogP contribution in [0.4, 0.5) is 0 Å². The van der Waals surface area contributed by atoms with Gasteiger partial charge in [-0.1, -0.05) is 178 Å². The molecule has 2 aliphatic rings. The summed E-state index contributed by atoms with van der Waals surface area (Å²) >= 11 is 0. The average molecular weight is 767 g/mol. The van der Waals surface area contributed by atoms with Crippen molar-refractivity contribution in [3.05, 3.63) is 162 Å². The van der Waals surface area contributed by atoms with Gasteiger partial charge in [-0.2, -0.15) is 0 Å². The fourth-order valence-electron chi connectivity index (χ4n) is 9.33. The molecule has 0 aromatic heterocycles. The van der Waals surface area contributed by atoms with Crippen molar-refractivity contribution in [3.8, 4) is 56.4 Å². The first-order valence-electron chi connectivity index (χ1n) is 21.1. The minimum atomic E-state index is -0.103. The topological polar surface area (TPSA) is 18.5 Å². The van der Waals surface area contributed by atoms with Crippen LogP contribution in [-0.4, -0.2) is 6.71 Å². The number of hydrogen-bond donors (Lipinski definition) is 0. The van der Waals surface area contributed by atoms with Crippen molar-refractivity contribution in [3.63, 3.8) is 0 Å². The number of hydrogen-bond acceptors (Lipinski definition) is 2. The summed E-state index contributed by atoms with van der Waals surface area (Å²) in [5.41, 5.74) is 14.4. The molecular formula is C56H51BO2. The number of ether oxygens (including phenoxy) is 2. The van der Waals surface area contributed by atoms with E-state index in [9.17, 15) is 0 Å². The van der Waals surface area contributed by atoms with Crippen molar-refractivity contribution < 1.29 is 9.47 Å². The molecule has 8 aromatic carbocycles. The first-order chi connectivity index (χ1) is 28.1. The van der Waals surface area contributed by atoms with Crippen molar-refractivity contribution in [1.29, 1.82) is 0 Å². The summed E-state index contributed by atoms with van der Waals surface area (Å²) in [5, 5.41) is 4.99. The van der Waals surface area contributed by atoms with Crippen molar-refractivity contribution >= 4 is 44.6 Å². The van der Waals surface area contributed by atoms with Gasteiger partial charge in [0.1, 0.15) is 23.0 Å². The molecule has 59 heavy (non-hydrogen) atoms. The Balaban J connectivity index is 1.21. The molecule has 2 heterocycles. The second-order valence-electron chi connectivity index (χ2n) is 19.8. The van der Waals surface area contributed by atoms with Gasteiger partial charge in [0.2, 0.25) is 0 Å². The molecule has 8 aromatic rings. The molecule has 0 amide bonds. The Morgan fingerprint density at radius 3 is 1.20 bits per heavy atom. The maximum absolute atomic E-state index is 6.97. The maximum Gasteiger partial charge on any atom is 0.260 e. The number of fused-ring (bicyclic) bond motifs is 6. The molecule has 0 fully saturated rings. The highest BCUT2D eigenvalue weighted by atomic mass is 16.5. The maximum atomic E-state index is 6.97. The van der Waals surface area contributed by atoms with E-state index in [4.69, 9.17) is 9.47 Å². The van der Waals surface area contributed by atoms with Gasteiger partial charge in [-0.15, -0.1) is 0 Å². The van der Waals surface area contributed by atoms with E-state index >= 15 is 0 Å². The van der Waals surface area contributed by atoms with Crippen LogP contribution < -0.4 is 25.9 Å². The molecule has 0 bridgehead atoms. The van der Waals surface area contributed by atoms with Crippen LogP contribution in [0, 0.1) is 0 Å². The minimum Gasteiger partial charge on any atom is -0.458 e. The minimum absolute atomic E-state index is 0.00243. The Kier molecular flexibility index (Phi) is 8.35. The quantitative estimate of drug-likeness (QED) is 0.132. The average Bonchev–Trinajstić information content (AvgIpc) is 3.21. The fraction of sp³-hybridized carbons (Fsp3) is 0.214. The highest BCUT2D eigenvalue weighted by Gasteiger charge is 2.41. The van der Waals surface area contributed by atoms with Gasteiger partial charge in [0, 0.05) is 5.46 Å². The van der Waals surface area contributed by atoms with E-state index in [-0.39, 0.29) is 23.0 Å². The lowest BCUT2D eigenvalue weighted by molar-refractivity contribution is 0.464. The molecule has 10 rings (SSSR count). The zero-order chi connectivity index (χ0) is 41.0. The molecule has 0 unspecified atom stereocenters. The van der Waals surface area contributed by atoms with Crippen LogP contribution in [-0.2, 0) is 16.2 Å². The van der Waals surface area contributed by atoms with Crippen LogP contribution in [0.3, 0.4) is 0 Å². The Morgan fingerprint density at radius 1 is 0.339 bits per heavy atom. The SMILES string of the molecule is CC(C)(C)c1cc(-c2cc3c4c(c2)Oc2ccc(C(C)(C)C)cc2B4c2cc(C(C)(C)C)ccc2O3)cc(-c2c3ccccc3c(-c3ccccc3)c3ccccc23)c1. The van der Waals surface area contributed by atoms with E-state index in [0.29, 0.717) is 0 Å². The summed E-state index contributed by atoms with van der Waals surface area (Å²) in [5.74, 6) is 3.54. The third kappa shape index (κ3) is 6.25. The Morgan fingerprint density at radius 2 is 0.746 bits per heavy atom.